The first kappa shape index (κ1) is 18.0. The largest absolute Gasteiger partial charge is 0.612 e. The maximum atomic E-state index is 11.5. The molecule has 26 heavy (non-hydrogen) atoms. The van der Waals surface area contributed by atoms with E-state index in [2.05, 4.69) is 6.07 Å². The second-order valence-electron chi connectivity index (χ2n) is 6.13. The molecule has 0 radical (unpaired) electrons. The zero-order chi connectivity index (χ0) is 18.8. The van der Waals surface area contributed by atoms with E-state index in [4.69, 9.17) is 5.26 Å². The summed E-state index contributed by atoms with van der Waals surface area (Å²) in [5.74, 6) is -0.899. The lowest BCUT2D eigenvalue weighted by molar-refractivity contribution is -0.135. The molecule has 0 fully saturated rings. The van der Waals surface area contributed by atoms with Gasteiger partial charge in [-0.25, -0.2) is 0 Å². The summed E-state index contributed by atoms with van der Waals surface area (Å²) in [5.41, 5.74) is 5.78. The number of hydrogen-bond acceptors (Lipinski definition) is 3. The summed E-state index contributed by atoms with van der Waals surface area (Å²) in [5, 5.41) is 18.4. The summed E-state index contributed by atoms with van der Waals surface area (Å²) in [7, 11) is 0. The Morgan fingerprint density at radius 2 is 1.92 bits per heavy atom. The van der Waals surface area contributed by atoms with Crippen molar-refractivity contribution in [3.05, 3.63) is 70.3 Å². The van der Waals surface area contributed by atoms with Gasteiger partial charge >= 0.3 is 5.97 Å². The summed E-state index contributed by atoms with van der Waals surface area (Å²) in [6, 6.07) is 14.9. The first-order valence-corrected chi connectivity index (χ1v) is 9.58. The molecule has 0 saturated carbocycles. The highest BCUT2D eigenvalue weighted by Gasteiger charge is 2.25. The molecule has 2 aromatic rings. The van der Waals surface area contributed by atoms with E-state index in [1.165, 1.54) is 0 Å². The van der Waals surface area contributed by atoms with E-state index in [1.807, 2.05) is 43.3 Å². The zero-order valence-corrected chi connectivity index (χ0v) is 15.3. The normalized spacial score (nSPS) is 15.7. The van der Waals surface area contributed by atoms with E-state index in [0.29, 0.717) is 5.56 Å². The zero-order valence-electron chi connectivity index (χ0n) is 14.4. The second kappa shape index (κ2) is 7.20. The minimum absolute atomic E-state index is 0.0845. The van der Waals surface area contributed by atoms with Gasteiger partial charge in [0.1, 0.15) is 6.26 Å². The summed E-state index contributed by atoms with van der Waals surface area (Å²) >= 11 is -1.03. The predicted octanol–water partition coefficient (Wildman–Crippen LogP) is 4.10. The number of fused-ring (bicyclic) bond motifs is 1. The Labute approximate surface area is 155 Å². The van der Waals surface area contributed by atoms with Crippen molar-refractivity contribution in [2.45, 2.75) is 18.2 Å². The van der Waals surface area contributed by atoms with Crippen molar-refractivity contribution in [3.63, 3.8) is 0 Å². The van der Waals surface area contributed by atoms with Crippen LogP contribution in [0.3, 0.4) is 0 Å². The number of rotatable bonds is 4. The summed E-state index contributed by atoms with van der Waals surface area (Å²) in [6.45, 7) is 1.91. The molecule has 0 heterocycles. The van der Waals surface area contributed by atoms with Gasteiger partial charge in [0.2, 0.25) is 0 Å². The van der Waals surface area contributed by atoms with Crippen molar-refractivity contribution >= 4 is 34.4 Å². The van der Waals surface area contributed by atoms with Crippen LogP contribution in [0.2, 0.25) is 0 Å². The van der Waals surface area contributed by atoms with Gasteiger partial charge in [-0.3, -0.25) is 4.79 Å². The van der Waals surface area contributed by atoms with Gasteiger partial charge in [0.25, 0.3) is 0 Å². The molecule has 1 N–H and O–H groups in total. The van der Waals surface area contributed by atoms with Crippen LogP contribution < -0.4 is 0 Å². The van der Waals surface area contributed by atoms with Gasteiger partial charge in [0, 0.05) is 0 Å². The van der Waals surface area contributed by atoms with Crippen LogP contribution in [0.5, 0.6) is 0 Å². The number of aliphatic carboxylic acids is 1. The standard InChI is InChI=1S/C21H17NO3S/c1-13-18(9-14-3-6-16(7-4-14)26(2)25)17-8-5-15(12-22)10-20(17)19(13)11-21(23)24/h3-10H,11H2,1-2H3,(H,23,24). The minimum Gasteiger partial charge on any atom is -0.612 e. The van der Waals surface area contributed by atoms with Gasteiger partial charge in [-0.05, 0) is 94.0 Å². The van der Waals surface area contributed by atoms with Gasteiger partial charge in [-0.2, -0.15) is 5.26 Å². The third kappa shape index (κ3) is 3.43. The molecule has 0 aliphatic heterocycles. The number of carbonyl (C=O) groups is 1. The van der Waals surface area contributed by atoms with E-state index in [9.17, 15) is 14.5 Å². The van der Waals surface area contributed by atoms with E-state index < -0.39 is 17.1 Å². The Kier molecular flexibility index (Phi) is 4.99. The molecule has 4 nitrogen and oxygen atoms in total. The number of carboxylic acids is 1. The first-order valence-electron chi connectivity index (χ1n) is 8.02. The van der Waals surface area contributed by atoms with Gasteiger partial charge in [0.15, 0.2) is 4.90 Å². The molecular weight excluding hydrogens is 346 g/mol. The van der Waals surface area contributed by atoms with E-state index in [0.717, 1.165) is 38.3 Å². The number of nitriles is 1. The van der Waals surface area contributed by atoms with Gasteiger partial charge in [0.05, 0.1) is 18.1 Å². The van der Waals surface area contributed by atoms with Crippen molar-refractivity contribution in [3.8, 4) is 6.07 Å². The molecule has 1 unspecified atom stereocenters. The SMILES string of the molecule is CC1=C(CC(=O)O)c2cc(C#N)ccc2C1=Cc1ccc([S+](C)[O-])cc1. The molecule has 1 aliphatic carbocycles. The number of hydrogen-bond donors (Lipinski definition) is 1. The van der Waals surface area contributed by atoms with E-state index >= 15 is 0 Å². The van der Waals surface area contributed by atoms with E-state index in [1.54, 1.807) is 18.4 Å². The Bertz CT molecular complexity index is 979. The fraction of sp³-hybridized carbons (Fsp3) is 0.143. The quantitative estimate of drug-likeness (QED) is 0.829. The lowest BCUT2D eigenvalue weighted by atomic mass is 9.99. The Morgan fingerprint density at radius 1 is 1.23 bits per heavy atom. The number of nitrogens with zero attached hydrogens (tertiary/aromatic N) is 1. The van der Waals surface area contributed by atoms with Crippen LogP contribution in [0.1, 0.15) is 35.6 Å². The monoisotopic (exact) mass is 363 g/mol. The summed E-state index contributed by atoms with van der Waals surface area (Å²) < 4.78 is 11.5. The van der Waals surface area contributed by atoms with Crippen molar-refractivity contribution in [2.75, 3.05) is 6.26 Å². The summed E-state index contributed by atoms with van der Waals surface area (Å²) in [4.78, 5) is 12.0. The number of benzene rings is 2. The van der Waals surface area contributed by atoms with Crippen LogP contribution in [0.15, 0.2) is 52.9 Å². The molecule has 0 spiro atoms. The fourth-order valence-corrected chi connectivity index (χ4v) is 3.67. The molecule has 0 aromatic heterocycles. The third-order valence-electron chi connectivity index (χ3n) is 4.47. The molecule has 0 saturated heterocycles. The highest BCUT2D eigenvalue weighted by molar-refractivity contribution is 7.90. The minimum atomic E-state index is -1.03. The van der Waals surface area contributed by atoms with Crippen LogP contribution in [0.25, 0.3) is 17.2 Å². The first-order chi connectivity index (χ1) is 12.4. The number of carboxylic acid groups (broad SMARTS) is 1. The molecule has 130 valence electrons. The smallest absolute Gasteiger partial charge is 0.307 e. The fourth-order valence-electron chi connectivity index (χ4n) is 3.15. The Balaban J connectivity index is 2.11. The molecule has 0 bridgehead atoms. The van der Waals surface area contributed by atoms with Gasteiger partial charge < -0.3 is 9.66 Å². The molecule has 5 heteroatoms. The average molecular weight is 363 g/mol. The van der Waals surface area contributed by atoms with Crippen LogP contribution in [-0.4, -0.2) is 21.9 Å². The van der Waals surface area contributed by atoms with E-state index in [-0.39, 0.29) is 6.42 Å². The van der Waals surface area contributed by atoms with Crippen LogP contribution >= 0.6 is 0 Å². The molecule has 2 aromatic carbocycles. The van der Waals surface area contributed by atoms with Crippen LogP contribution in [0.4, 0.5) is 0 Å². The lowest BCUT2D eigenvalue weighted by Gasteiger charge is -2.06. The van der Waals surface area contributed by atoms with Crippen molar-refractivity contribution < 1.29 is 14.5 Å². The molecule has 1 atom stereocenters. The van der Waals surface area contributed by atoms with Gasteiger partial charge in [-0.1, -0.05) is 6.07 Å². The molecule has 3 rings (SSSR count). The van der Waals surface area contributed by atoms with Crippen molar-refractivity contribution in [2.24, 2.45) is 0 Å². The highest BCUT2D eigenvalue weighted by atomic mass is 32.2. The summed E-state index contributed by atoms with van der Waals surface area (Å²) in [6.07, 6.45) is 3.55. The highest BCUT2D eigenvalue weighted by Crippen LogP contribution is 2.43. The Hall–Kier alpha value is -2.81. The predicted molar refractivity (Wildman–Crippen MR) is 103 cm³/mol. The maximum Gasteiger partial charge on any atom is 0.307 e. The number of allylic oxidation sites excluding steroid dienone is 2. The van der Waals surface area contributed by atoms with Gasteiger partial charge in [-0.15, -0.1) is 0 Å². The van der Waals surface area contributed by atoms with Crippen LogP contribution in [0, 0.1) is 11.3 Å². The Morgan fingerprint density at radius 3 is 2.50 bits per heavy atom. The third-order valence-corrected chi connectivity index (χ3v) is 5.41. The van der Waals surface area contributed by atoms with Crippen LogP contribution in [-0.2, 0) is 16.0 Å². The molecule has 0 amide bonds. The van der Waals surface area contributed by atoms with Crippen molar-refractivity contribution in [1.29, 1.82) is 5.26 Å². The van der Waals surface area contributed by atoms with Crippen molar-refractivity contribution in [1.82, 2.24) is 0 Å². The maximum absolute atomic E-state index is 11.5. The topological polar surface area (TPSA) is 84.1 Å². The lowest BCUT2D eigenvalue weighted by Crippen LogP contribution is -1.97. The second-order valence-corrected chi connectivity index (χ2v) is 7.51. The molecule has 1 aliphatic rings. The average Bonchev–Trinajstić information content (AvgIpc) is 2.87. The molecular formula is C21H17NO3S.